The molecule has 0 radical (unpaired) electrons. The molecule has 0 aliphatic heterocycles. The Morgan fingerprint density at radius 1 is 1.15 bits per heavy atom. The fourth-order valence-corrected chi connectivity index (χ4v) is 1.07. The number of terminal acetylenes is 2. The molecular weight excluding hydrogens is 163 g/mol. The van der Waals surface area contributed by atoms with E-state index < -0.39 is 7.12 Å². The van der Waals surface area contributed by atoms with E-state index in [4.69, 9.17) is 22.9 Å². The lowest BCUT2D eigenvalue weighted by Crippen LogP contribution is -2.32. The van der Waals surface area contributed by atoms with Crippen LogP contribution in [0.15, 0.2) is 18.2 Å². The highest BCUT2D eigenvalue weighted by molar-refractivity contribution is 6.59. The van der Waals surface area contributed by atoms with Crippen LogP contribution >= 0.6 is 0 Å². The second-order valence-electron chi connectivity index (χ2n) is 2.43. The summed E-state index contributed by atoms with van der Waals surface area (Å²) in [6.07, 6.45) is 10.4. The monoisotopic (exact) mass is 170 g/mol. The van der Waals surface area contributed by atoms with E-state index in [9.17, 15) is 0 Å². The van der Waals surface area contributed by atoms with Gasteiger partial charge in [-0.25, -0.2) is 0 Å². The van der Waals surface area contributed by atoms with Gasteiger partial charge in [-0.15, -0.1) is 12.8 Å². The summed E-state index contributed by atoms with van der Waals surface area (Å²) in [7, 11) is -1.58. The van der Waals surface area contributed by atoms with Crippen molar-refractivity contribution in [3.05, 3.63) is 29.3 Å². The van der Waals surface area contributed by atoms with E-state index in [2.05, 4.69) is 11.8 Å². The molecule has 13 heavy (non-hydrogen) atoms. The summed E-state index contributed by atoms with van der Waals surface area (Å²) in [6.45, 7) is 0. The van der Waals surface area contributed by atoms with Gasteiger partial charge in [0, 0.05) is 11.1 Å². The van der Waals surface area contributed by atoms with Crippen molar-refractivity contribution in [1.29, 1.82) is 0 Å². The Bertz CT molecular complexity index is 396. The summed E-state index contributed by atoms with van der Waals surface area (Å²) in [4.78, 5) is 0. The summed E-state index contributed by atoms with van der Waals surface area (Å²) in [5.41, 5.74) is 1.12. The molecule has 1 rings (SSSR count). The lowest BCUT2D eigenvalue weighted by Gasteiger charge is -2.04. The molecule has 0 unspecified atom stereocenters. The Morgan fingerprint density at radius 2 is 1.85 bits per heavy atom. The minimum Gasteiger partial charge on any atom is -0.423 e. The van der Waals surface area contributed by atoms with Crippen LogP contribution in [0.2, 0.25) is 0 Å². The smallest absolute Gasteiger partial charge is 0.423 e. The molecule has 0 saturated carbocycles. The lowest BCUT2D eigenvalue weighted by molar-refractivity contribution is 0.425. The van der Waals surface area contributed by atoms with Crippen molar-refractivity contribution in [2.45, 2.75) is 0 Å². The normalized spacial score (nSPS) is 8.62. The van der Waals surface area contributed by atoms with Crippen molar-refractivity contribution in [2.24, 2.45) is 0 Å². The molecule has 2 N–H and O–H groups in total. The minimum absolute atomic E-state index is 0.262. The molecule has 0 aromatic heterocycles. The third-order valence-electron chi connectivity index (χ3n) is 1.67. The van der Waals surface area contributed by atoms with E-state index in [0.717, 1.165) is 0 Å². The third-order valence-corrected chi connectivity index (χ3v) is 1.67. The van der Waals surface area contributed by atoms with Crippen molar-refractivity contribution in [3.8, 4) is 24.7 Å². The molecule has 0 fully saturated rings. The van der Waals surface area contributed by atoms with Gasteiger partial charge < -0.3 is 10.0 Å². The molecular formula is C10H7BO2. The van der Waals surface area contributed by atoms with Gasteiger partial charge in [-0.3, -0.25) is 0 Å². The van der Waals surface area contributed by atoms with Crippen molar-refractivity contribution >= 4 is 12.6 Å². The molecule has 0 heterocycles. The second-order valence-corrected chi connectivity index (χ2v) is 2.43. The molecule has 1 aromatic rings. The van der Waals surface area contributed by atoms with Gasteiger partial charge in [0.2, 0.25) is 0 Å². The topological polar surface area (TPSA) is 40.5 Å². The van der Waals surface area contributed by atoms with Gasteiger partial charge in [0.1, 0.15) is 0 Å². The standard InChI is InChI=1S/C10H7BO2/c1-3-8-6-5-7-10(11(12)13)9(8)4-2/h1-2,5-7,12-13H. The Kier molecular flexibility index (Phi) is 2.77. The number of rotatable bonds is 1. The lowest BCUT2D eigenvalue weighted by atomic mass is 9.76. The highest BCUT2D eigenvalue weighted by atomic mass is 16.4. The second kappa shape index (κ2) is 3.82. The molecule has 1 aromatic carbocycles. The van der Waals surface area contributed by atoms with E-state index in [0.29, 0.717) is 11.1 Å². The fraction of sp³-hybridized carbons (Fsp3) is 0. The van der Waals surface area contributed by atoms with Gasteiger partial charge in [0.25, 0.3) is 0 Å². The average molecular weight is 170 g/mol. The molecule has 0 amide bonds. The zero-order valence-electron chi connectivity index (χ0n) is 6.86. The van der Waals surface area contributed by atoms with Gasteiger partial charge in [-0.1, -0.05) is 24.0 Å². The van der Waals surface area contributed by atoms with E-state index in [1.54, 1.807) is 12.1 Å². The predicted molar refractivity (Wildman–Crippen MR) is 52.1 cm³/mol. The van der Waals surface area contributed by atoms with Crippen LogP contribution in [0, 0.1) is 24.7 Å². The first-order chi connectivity index (χ1) is 6.20. The number of hydrogen-bond acceptors (Lipinski definition) is 2. The summed E-state index contributed by atoms with van der Waals surface area (Å²) < 4.78 is 0. The zero-order valence-corrected chi connectivity index (χ0v) is 6.86. The van der Waals surface area contributed by atoms with Crippen LogP contribution in [0.1, 0.15) is 11.1 Å². The van der Waals surface area contributed by atoms with Gasteiger partial charge >= 0.3 is 7.12 Å². The Labute approximate surface area is 77.4 Å². The molecule has 0 atom stereocenters. The summed E-state index contributed by atoms with van der Waals surface area (Å²) in [6, 6.07) is 4.81. The van der Waals surface area contributed by atoms with Crippen molar-refractivity contribution < 1.29 is 10.0 Å². The Balaban J connectivity index is 3.40. The van der Waals surface area contributed by atoms with Crippen LogP contribution < -0.4 is 5.46 Å². The molecule has 3 heteroatoms. The maximum Gasteiger partial charge on any atom is 0.489 e. The van der Waals surface area contributed by atoms with Crippen molar-refractivity contribution in [1.82, 2.24) is 0 Å². The van der Waals surface area contributed by atoms with Crippen LogP contribution in [0.5, 0.6) is 0 Å². The van der Waals surface area contributed by atoms with E-state index >= 15 is 0 Å². The number of benzene rings is 1. The van der Waals surface area contributed by atoms with Crippen LogP contribution in [0.3, 0.4) is 0 Å². The van der Waals surface area contributed by atoms with E-state index in [-0.39, 0.29) is 5.46 Å². The van der Waals surface area contributed by atoms with E-state index in [1.807, 2.05) is 0 Å². The zero-order chi connectivity index (χ0) is 9.84. The molecule has 0 bridgehead atoms. The molecule has 0 aliphatic carbocycles. The summed E-state index contributed by atoms with van der Waals surface area (Å²) in [5.74, 6) is 4.71. The summed E-state index contributed by atoms with van der Waals surface area (Å²) in [5, 5.41) is 17.9. The van der Waals surface area contributed by atoms with Crippen LogP contribution in [-0.4, -0.2) is 17.2 Å². The molecule has 2 nitrogen and oxygen atoms in total. The Hall–Kier alpha value is -1.68. The van der Waals surface area contributed by atoms with Crippen LogP contribution in [0.25, 0.3) is 0 Å². The van der Waals surface area contributed by atoms with Gasteiger partial charge in [0.15, 0.2) is 0 Å². The first-order valence-electron chi connectivity index (χ1n) is 3.63. The quantitative estimate of drug-likeness (QED) is 0.433. The van der Waals surface area contributed by atoms with Crippen LogP contribution in [0.4, 0.5) is 0 Å². The van der Waals surface area contributed by atoms with Crippen LogP contribution in [-0.2, 0) is 0 Å². The first-order valence-corrected chi connectivity index (χ1v) is 3.63. The van der Waals surface area contributed by atoms with Crippen molar-refractivity contribution in [2.75, 3.05) is 0 Å². The molecule has 0 aliphatic rings. The molecule has 0 spiro atoms. The minimum atomic E-state index is -1.58. The molecule has 0 saturated heterocycles. The van der Waals surface area contributed by atoms with Crippen molar-refractivity contribution in [3.63, 3.8) is 0 Å². The van der Waals surface area contributed by atoms with E-state index in [1.165, 1.54) is 6.07 Å². The van der Waals surface area contributed by atoms with Gasteiger partial charge in [-0.05, 0) is 11.5 Å². The maximum atomic E-state index is 8.95. The number of hydrogen-bond donors (Lipinski definition) is 2. The molecule has 62 valence electrons. The SMILES string of the molecule is C#Cc1cccc(B(O)O)c1C#C. The fourth-order valence-electron chi connectivity index (χ4n) is 1.07. The predicted octanol–water partition coefficient (Wildman–Crippen LogP) is -0.671. The highest BCUT2D eigenvalue weighted by Gasteiger charge is 2.16. The largest absolute Gasteiger partial charge is 0.489 e. The average Bonchev–Trinajstić information content (AvgIpc) is 2.16. The van der Waals surface area contributed by atoms with Gasteiger partial charge in [-0.2, -0.15) is 0 Å². The highest BCUT2D eigenvalue weighted by Crippen LogP contribution is 2.03. The first kappa shape index (κ1) is 9.41. The third kappa shape index (κ3) is 1.73. The van der Waals surface area contributed by atoms with Gasteiger partial charge in [0.05, 0.1) is 0 Å². The summed E-state index contributed by atoms with van der Waals surface area (Å²) >= 11 is 0. The Morgan fingerprint density at radius 3 is 2.31 bits per heavy atom. The maximum absolute atomic E-state index is 8.95.